The molecular weight excluding hydrogens is 266 g/mol. The predicted octanol–water partition coefficient (Wildman–Crippen LogP) is 3.95. The summed E-state index contributed by atoms with van der Waals surface area (Å²) in [5, 5.41) is 2.63. The Morgan fingerprint density at radius 1 is 1.39 bits per heavy atom. The van der Waals surface area contributed by atoms with Gasteiger partial charge in [0.25, 0.3) is 0 Å². The van der Waals surface area contributed by atoms with Gasteiger partial charge in [0.1, 0.15) is 17.3 Å². The van der Waals surface area contributed by atoms with Gasteiger partial charge in [0, 0.05) is 17.5 Å². The minimum atomic E-state index is 0.305. The summed E-state index contributed by atoms with van der Waals surface area (Å²) in [4.78, 5) is 11.9. The lowest BCUT2D eigenvalue weighted by Gasteiger charge is -2.22. The summed E-state index contributed by atoms with van der Waals surface area (Å²) in [5.74, 6) is 1.22. The monoisotopic (exact) mass is 281 g/mol. The second-order valence-electron chi connectivity index (χ2n) is 4.49. The highest BCUT2D eigenvalue weighted by Gasteiger charge is 2.16. The van der Waals surface area contributed by atoms with Gasteiger partial charge in [0.05, 0.1) is 6.54 Å². The first kappa shape index (κ1) is 13.3. The van der Waals surface area contributed by atoms with Crippen molar-refractivity contribution < 1.29 is 0 Å². The molecule has 0 fully saturated rings. The van der Waals surface area contributed by atoms with Crippen LogP contribution in [0.1, 0.15) is 30.2 Å². The number of rotatable bonds is 4. The molecule has 2 aromatic heterocycles. The van der Waals surface area contributed by atoms with Crippen molar-refractivity contribution in [1.82, 2.24) is 9.97 Å². The first-order valence-corrected chi connectivity index (χ1v) is 7.09. The Morgan fingerprint density at radius 3 is 2.78 bits per heavy atom. The molecule has 0 saturated heterocycles. The van der Waals surface area contributed by atoms with Crippen LogP contribution in [0, 0.1) is 0 Å². The lowest BCUT2D eigenvalue weighted by molar-refractivity contribution is 0.811. The molecule has 96 valence electrons. The molecule has 0 aliphatic heterocycles. The van der Waals surface area contributed by atoms with E-state index in [9.17, 15) is 0 Å². The van der Waals surface area contributed by atoms with E-state index in [2.05, 4.69) is 46.2 Å². The molecule has 0 radical (unpaired) electrons. The highest BCUT2D eigenvalue weighted by Crippen LogP contribution is 2.30. The van der Waals surface area contributed by atoms with Crippen LogP contribution in [0.5, 0.6) is 0 Å². The first-order valence-electron chi connectivity index (χ1n) is 5.83. The highest BCUT2D eigenvalue weighted by molar-refractivity contribution is 7.09. The van der Waals surface area contributed by atoms with Crippen molar-refractivity contribution in [2.45, 2.75) is 26.3 Å². The maximum atomic E-state index is 6.18. The fraction of sp³-hybridized carbons (Fsp3) is 0.385. The first-order chi connectivity index (χ1) is 8.59. The molecule has 0 N–H and O–H groups in total. The van der Waals surface area contributed by atoms with Crippen LogP contribution < -0.4 is 4.90 Å². The van der Waals surface area contributed by atoms with Gasteiger partial charge in [-0.25, -0.2) is 9.97 Å². The van der Waals surface area contributed by atoms with Crippen LogP contribution in [0.25, 0.3) is 0 Å². The van der Waals surface area contributed by atoms with E-state index in [-0.39, 0.29) is 0 Å². The third-order valence-electron chi connectivity index (χ3n) is 2.73. The smallest absolute Gasteiger partial charge is 0.138 e. The Kier molecular flexibility index (Phi) is 4.19. The number of anilines is 1. The summed E-state index contributed by atoms with van der Waals surface area (Å²) < 4.78 is 0. The Bertz CT molecular complexity index is 511. The molecule has 3 nitrogen and oxygen atoms in total. The van der Waals surface area contributed by atoms with Gasteiger partial charge in [-0.3, -0.25) is 0 Å². The molecule has 2 aromatic rings. The standard InChI is InChI=1S/C13H16ClN3S/c1-9(2)11-12(14)15-8-16-13(11)17(3)7-10-5-4-6-18-10/h4-6,8-9H,7H2,1-3H3. The molecular formula is C13H16ClN3S. The molecule has 5 heteroatoms. The van der Waals surface area contributed by atoms with Gasteiger partial charge in [0.15, 0.2) is 0 Å². The summed E-state index contributed by atoms with van der Waals surface area (Å²) in [6, 6.07) is 4.18. The summed E-state index contributed by atoms with van der Waals surface area (Å²) in [5.41, 5.74) is 1.01. The number of halogens is 1. The molecule has 18 heavy (non-hydrogen) atoms. The Hall–Kier alpha value is -1.13. The topological polar surface area (TPSA) is 29.0 Å². The number of aromatic nitrogens is 2. The van der Waals surface area contributed by atoms with Crippen molar-refractivity contribution in [2.75, 3.05) is 11.9 Å². The summed E-state index contributed by atoms with van der Waals surface area (Å²) in [7, 11) is 2.03. The minimum absolute atomic E-state index is 0.305. The maximum Gasteiger partial charge on any atom is 0.138 e. The summed E-state index contributed by atoms with van der Waals surface area (Å²) in [6.07, 6.45) is 1.52. The zero-order valence-electron chi connectivity index (χ0n) is 10.7. The number of hydrogen-bond donors (Lipinski definition) is 0. The quantitative estimate of drug-likeness (QED) is 0.795. The molecule has 0 aromatic carbocycles. The Labute approximate surface area is 116 Å². The zero-order chi connectivity index (χ0) is 13.1. The van der Waals surface area contributed by atoms with E-state index in [0.717, 1.165) is 17.9 Å². The average molecular weight is 282 g/mol. The van der Waals surface area contributed by atoms with Crippen molar-refractivity contribution >= 4 is 28.8 Å². The predicted molar refractivity (Wildman–Crippen MR) is 77.6 cm³/mol. The van der Waals surface area contributed by atoms with Crippen LogP contribution in [0.3, 0.4) is 0 Å². The van der Waals surface area contributed by atoms with Crippen molar-refractivity contribution in [2.24, 2.45) is 0 Å². The van der Waals surface area contributed by atoms with E-state index >= 15 is 0 Å². The number of nitrogens with zero attached hydrogens (tertiary/aromatic N) is 3. The number of thiophene rings is 1. The van der Waals surface area contributed by atoms with Gasteiger partial charge >= 0.3 is 0 Å². The normalized spacial score (nSPS) is 10.9. The molecule has 0 atom stereocenters. The molecule has 0 aliphatic rings. The molecule has 0 spiro atoms. The van der Waals surface area contributed by atoms with Gasteiger partial charge in [-0.05, 0) is 17.4 Å². The SMILES string of the molecule is CC(C)c1c(Cl)ncnc1N(C)Cc1cccs1. The van der Waals surface area contributed by atoms with E-state index in [1.54, 1.807) is 11.3 Å². The lowest BCUT2D eigenvalue weighted by atomic mass is 10.1. The van der Waals surface area contributed by atoms with Crippen molar-refractivity contribution in [3.05, 3.63) is 39.4 Å². The second kappa shape index (κ2) is 5.67. The molecule has 2 rings (SSSR count). The van der Waals surface area contributed by atoms with Crippen molar-refractivity contribution in [3.63, 3.8) is 0 Å². The number of hydrogen-bond acceptors (Lipinski definition) is 4. The third-order valence-corrected chi connectivity index (χ3v) is 3.89. The van der Waals surface area contributed by atoms with Crippen molar-refractivity contribution in [1.29, 1.82) is 0 Å². The van der Waals surface area contributed by atoms with E-state index < -0.39 is 0 Å². The van der Waals surface area contributed by atoms with Crippen LogP contribution in [0.2, 0.25) is 5.15 Å². The molecule has 0 bridgehead atoms. The van der Waals surface area contributed by atoms with Crippen LogP contribution in [0.15, 0.2) is 23.8 Å². The largest absolute Gasteiger partial charge is 0.354 e. The minimum Gasteiger partial charge on any atom is -0.354 e. The Balaban J connectivity index is 2.29. The van der Waals surface area contributed by atoms with Gasteiger partial charge in [-0.1, -0.05) is 31.5 Å². The fourth-order valence-electron chi connectivity index (χ4n) is 1.88. The second-order valence-corrected chi connectivity index (χ2v) is 5.88. The fourth-order valence-corrected chi connectivity index (χ4v) is 2.98. The molecule has 0 amide bonds. The van der Waals surface area contributed by atoms with Gasteiger partial charge in [-0.2, -0.15) is 0 Å². The highest BCUT2D eigenvalue weighted by atomic mass is 35.5. The molecule has 2 heterocycles. The molecule has 0 unspecified atom stereocenters. The molecule has 0 saturated carbocycles. The van der Waals surface area contributed by atoms with Gasteiger partial charge in [-0.15, -0.1) is 11.3 Å². The van der Waals surface area contributed by atoms with Crippen LogP contribution >= 0.6 is 22.9 Å². The van der Waals surface area contributed by atoms with Crippen molar-refractivity contribution in [3.8, 4) is 0 Å². The summed E-state index contributed by atoms with van der Waals surface area (Å²) in [6.45, 7) is 5.05. The van der Waals surface area contributed by atoms with Gasteiger partial charge in [0.2, 0.25) is 0 Å². The maximum absolute atomic E-state index is 6.18. The van der Waals surface area contributed by atoms with E-state index in [1.165, 1.54) is 11.2 Å². The Morgan fingerprint density at radius 2 is 2.17 bits per heavy atom. The van der Waals surface area contributed by atoms with Crippen LogP contribution in [0.4, 0.5) is 5.82 Å². The van der Waals surface area contributed by atoms with Crippen LogP contribution in [-0.2, 0) is 6.54 Å². The van der Waals surface area contributed by atoms with E-state index in [1.807, 2.05) is 7.05 Å². The lowest BCUT2D eigenvalue weighted by Crippen LogP contribution is -2.19. The van der Waals surface area contributed by atoms with E-state index in [4.69, 9.17) is 11.6 Å². The summed E-state index contributed by atoms with van der Waals surface area (Å²) >= 11 is 7.92. The zero-order valence-corrected chi connectivity index (χ0v) is 12.3. The van der Waals surface area contributed by atoms with Crippen LogP contribution in [-0.4, -0.2) is 17.0 Å². The van der Waals surface area contributed by atoms with Gasteiger partial charge < -0.3 is 4.90 Å². The third kappa shape index (κ3) is 2.82. The van der Waals surface area contributed by atoms with E-state index in [0.29, 0.717) is 11.1 Å². The molecule has 0 aliphatic carbocycles. The average Bonchev–Trinajstić information content (AvgIpc) is 2.80.